The van der Waals surface area contributed by atoms with Gasteiger partial charge in [-0.2, -0.15) is 13.2 Å². The number of carbonyl (C=O) groups excluding carboxylic acids is 2. The van der Waals surface area contributed by atoms with E-state index in [9.17, 15) is 27.3 Å². The van der Waals surface area contributed by atoms with Crippen LogP contribution in [0.4, 0.5) is 28.6 Å². The highest BCUT2D eigenvalue weighted by atomic mass is 31.2. The quantitative estimate of drug-likeness (QED) is 0.416. The molecular weight excluding hydrogens is 414 g/mol. The molecule has 1 rings (SSSR count). The molecule has 0 aliphatic heterocycles. The van der Waals surface area contributed by atoms with Crippen molar-refractivity contribution in [1.82, 2.24) is 9.88 Å². The Bertz CT molecular complexity index is 727. The van der Waals surface area contributed by atoms with Gasteiger partial charge in [-0.15, -0.1) is 0 Å². The van der Waals surface area contributed by atoms with Crippen LogP contribution < -0.4 is 5.32 Å². The van der Waals surface area contributed by atoms with Crippen molar-refractivity contribution in [3.63, 3.8) is 0 Å². The average molecular weight is 431 g/mol. The summed E-state index contributed by atoms with van der Waals surface area (Å²) in [5, 5.41) is 2.24. The van der Waals surface area contributed by atoms with Gasteiger partial charge in [-0.05, 0) is 6.07 Å². The summed E-state index contributed by atoms with van der Waals surface area (Å²) >= 11 is 0. The van der Waals surface area contributed by atoms with Gasteiger partial charge in [0, 0.05) is 18.3 Å². The molecule has 1 aromatic rings. The molecule has 28 heavy (non-hydrogen) atoms. The van der Waals surface area contributed by atoms with Gasteiger partial charge < -0.3 is 24.2 Å². The van der Waals surface area contributed by atoms with E-state index in [1.165, 1.54) is 18.3 Å². The van der Waals surface area contributed by atoms with Crippen LogP contribution in [0.15, 0.2) is 18.3 Å². The van der Waals surface area contributed by atoms with Crippen LogP contribution in [-0.4, -0.2) is 58.5 Å². The first-order chi connectivity index (χ1) is 12.9. The zero-order chi connectivity index (χ0) is 21.4. The lowest BCUT2D eigenvalue weighted by atomic mass is 10.2. The molecule has 0 atom stereocenters. The van der Waals surface area contributed by atoms with Gasteiger partial charge in [-0.1, -0.05) is 6.07 Å². The van der Waals surface area contributed by atoms with Crippen LogP contribution in [0.25, 0.3) is 0 Å². The molecule has 0 aliphatic carbocycles. The van der Waals surface area contributed by atoms with Crippen LogP contribution in [0, 0.1) is 0 Å². The Morgan fingerprint density at radius 1 is 1.36 bits per heavy atom. The molecule has 158 valence electrons. The number of alkyl halides is 3. The summed E-state index contributed by atoms with van der Waals surface area (Å²) < 4.78 is 60.9. The molecule has 3 N–H and O–H groups in total. The highest BCUT2D eigenvalue weighted by Gasteiger charge is 2.30. The van der Waals surface area contributed by atoms with Gasteiger partial charge in [0.1, 0.15) is 5.82 Å². The van der Waals surface area contributed by atoms with Crippen LogP contribution in [-0.2, 0) is 25.1 Å². The monoisotopic (exact) mass is 431 g/mol. The molecule has 2 amide bonds. The smallest absolute Gasteiger partial charge is 0.453 e. The second-order valence-corrected chi connectivity index (χ2v) is 6.30. The Labute approximate surface area is 156 Å². The van der Waals surface area contributed by atoms with Gasteiger partial charge in [0.15, 0.2) is 0 Å². The standard InChI is InChI=1S/C13H17F3N3O8P/c1-25-11(20)18-10-9(3-2-5-17-10)7-19(6-4-13(14,15)16)12(21)26-8-27-28(22,23)24/h2-3,5H,4,6-8H2,1H3,(H,17,18,20)(H2,22,23,24). The molecule has 15 heteroatoms. The van der Waals surface area contributed by atoms with Crippen LogP contribution in [0.3, 0.4) is 0 Å². The first kappa shape index (κ1) is 23.6. The van der Waals surface area contributed by atoms with Crippen LogP contribution in [0.1, 0.15) is 12.0 Å². The number of aromatic nitrogens is 1. The van der Waals surface area contributed by atoms with Crippen molar-refractivity contribution in [2.24, 2.45) is 0 Å². The number of anilines is 1. The minimum Gasteiger partial charge on any atom is -0.453 e. The first-order valence-corrected chi connectivity index (χ1v) is 8.91. The van der Waals surface area contributed by atoms with Crippen molar-refractivity contribution in [2.75, 3.05) is 25.8 Å². The van der Waals surface area contributed by atoms with Crippen molar-refractivity contribution in [1.29, 1.82) is 0 Å². The van der Waals surface area contributed by atoms with Crippen molar-refractivity contribution in [3.8, 4) is 0 Å². The summed E-state index contributed by atoms with van der Waals surface area (Å²) in [6.45, 7) is -2.46. The maximum absolute atomic E-state index is 12.5. The highest BCUT2D eigenvalue weighted by molar-refractivity contribution is 7.46. The second-order valence-electron chi connectivity index (χ2n) is 5.06. The fraction of sp³-hybridized carbons (Fsp3) is 0.462. The Kier molecular flexibility index (Phi) is 8.63. The number of carbonyl (C=O) groups is 2. The molecular formula is C13H17F3N3O8P. The highest BCUT2D eigenvalue weighted by Crippen LogP contribution is 2.35. The van der Waals surface area contributed by atoms with E-state index >= 15 is 0 Å². The molecule has 0 unspecified atom stereocenters. The number of amides is 2. The number of nitrogens with one attached hydrogen (secondary N) is 1. The zero-order valence-electron chi connectivity index (χ0n) is 14.4. The van der Waals surface area contributed by atoms with Gasteiger partial charge in [-0.25, -0.2) is 23.7 Å². The molecule has 0 bridgehead atoms. The van der Waals surface area contributed by atoms with Gasteiger partial charge in [0.05, 0.1) is 20.1 Å². The number of hydrogen-bond donors (Lipinski definition) is 3. The Balaban J connectivity index is 2.92. The largest absolute Gasteiger partial charge is 0.472 e. The van der Waals surface area contributed by atoms with Gasteiger partial charge in [0.2, 0.25) is 6.79 Å². The number of nitrogens with zero attached hydrogens (tertiary/aromatic N) is 2. The average Bonchev–Trinajstić information content (AvgIpc) is 2.57. The molecule has 0 saturated carbocycles. The summed E-state index contributed by atoms with van der Waals surface area (Å²) in [6.07, 6.45) is -6.88. The number of hydrogen-bond acceptors (Lipinski definition) is 7. The number of ether oxygens (including phenoxy) is 2. The Hall–Kier alpha value is -2.41. The maximum atomic E-state index is 12.5. The number of pyridine rings is 1. The fourth-order valence-corrected chi connectivity index (χ4v) is 1.96. The molecule has 0 radical (unpaired) electrons. The van der Waals surface area contributed by atoms with E-state index in [4.69, 9.17) is 9.79 Å². The third kappa shape index (κ3) is 9.50. The SMILES string of the molecule is COC(=O)Nc1ncccc1CN(CCC(F)(F)F)C(=O)OCOP(=O)(O)O. The van der Waals surface area contributed by atoms with E-state index in [2.05, 4.69) is 24.3 Å². The summed E-state index contributed by atoms with van der Waals surface area (Å²) in [7, 11) is -3.85. The van der Waals surface area contributed by atoms with E-state index in [1.807, 2.05) is 0 Å². The van der Waals surface area contributed by atoms with Crippen LogP contribution in [0.2, 0.25) is 0 Å². The lowest BCUT2D eigenvalue weighted by Gasteiger charge is -2.23. The molecule has 1 aromatic heterocycles. The van der Waals surface area contributed by atoms with Crippen molar-refractivity contribution in [2.45, 2.75) is 19.1 Å². The number of rotatable bonds is 8. The lowest BCUT2D eigenvalue weighted by Crippen LogP contribution is -2.35. The topological polar surface area (TPSA) is 148 Å². The number of phosphoric acid groups is 1. The van der Waals surface area contributed by atoms with Crippen LogP contribution >= 0.6 is 7.82 Å². The normalized spacial score (nSPS) is 11.6. The number of methoxy groups -OCH3 is 1. The first-order valence-electron chi connectivity index (χ1n) is 7.38. The Morgan fingerprint density at radius 2 is 2.04 bits per heavy atom. The summed E-state index contributed by atoms with van der Waals surface area (Å²) in [4.78, 5) is 44.9. The summed E-state index contributed by atoms with van der Waals surface area (Å²) in [5.41, 5.74) is 0.155. The molecule has 1 heterocycles. The molecule has 0 aromatic carbocycles. The lowest BCUT2D eigenvalue weighted by molar-refractivity contribution is -0.137. The molecule has 0 fully saturated rings. The van der Waals surface area contributed by atoms with Crippen molar-refractivity contribution < 1.29 is 51.1 Å². The summed E-state index contributed by atoms with van der Waals surface area (Å²) in [5.74, 6) is -0.0642. The minimum absolute atomic E-state index is 0.0642. The van der Waals surface area contributed by atoms with E-state index in [0.717, 1.165) is 7.11 Å². The second kappa shape index (κ2) is 10.2. The van der Waals surface area contributed by atoms with Crippen molar-refractivity contribution in [3.05, 3.63) is 23.9 Å². The fourth-order valence-electron chi connectivity index (χ4n) is 1.77. The predicted octanol–water partition coefficient (Wildman–Crippen LogP) is 2.22. The third-order valence-electron chi connectivity index (χ3n) is 2.99. The Morgan fingerprint density at radius 3 is 2.61 bits per heavy atom. The summed E-state index contributed by atoms with van der Waals surface area (Å²) in [6, 6.07) is 2.81. The van der Waals surface area contributed by atoms with Gasteiger partial charge >= 0.3 is 26.2 Å². The molecule has 0 saturated heterocycles. The minimum atomic E-state index is -4.94. The van der Waals surface area contributed by atoms with E-state index in [0.29, 0.717) is 4.90 Å². The number of halogens is 3. The van der Waals surface area contributed by atoms with Crippen LogP contribution in [0.5, 0.6) is 0 Å². The van der Waals surface area contributed by atoms with E-state index < -0.39 is 52.5 Å². The molecule has 0 spiro atoms. The van der Waals surface area contributed by atoms with E-state index in [-0.39, 0.29) is 11.4 Å². The number of phosphoric ester groups is 1. The van der Waals surface area contributed by atoms with Gasteiger partial charge in [-0.3, -0.25) is 5.32 Å². The van der Waals surface area contributed by atoms with Crippen molar-refractivity contribution >= 4 is 25.8 Å². The zero-order valence-corrected chi connectivity index (χ0v) is 15.3. The van der Waals surface area contributed by atoms with E-state index in [1.54, 1.807) is 0 Å². The maximum Gasteiger partial charge on any atom is 0.472 e. The molecule has 0 aliphatic rings. The third-order valence-corrected chi connectivity index (χ3v) is 3.43. The predicted molar refractivity (Wildman–Crippen MR) is 85.8 cm³/mol. The van der Waals surface area contributed by atoms with Gasteiger partial charge in [0.25, 0.3) is 0 Å². The molecule has 11 nitrogen and oxygen atoms in total.